The van der Waals surface area contributed by atoms with E-state index in [4.69, 9.17) is 0 Å². The van der Waals surface area contributed by atoms with Crippen molar-refractivity contribution in [2.45, 2.75) is 157 Å². The molecule has 0 amide bonds. The molecule has 35 heavy (non-hydrogen) atoms. The van der Waals surface area contributed by atoms with Crippen LogP contribution in [0.5, 0.6) is 0 Å². The van der Waals surface area contributed by atoms with Gasteiger partial charge in [-0.05, 0) is 40.6 Å². The third-order valence-corrected chi connectivity index (χ3v) is 16.5. The first-order valence-electron chi connectivity index (χ1n) is 12.9. The smallest absolute Gasteiger partial charge is 0.100 e. The van der Waals surface area contributed by atoms with Crippen molar-refractivity contribution >= 4 is 60.1 Å². The number of hydrogen-bond donors (Lipinski definition) is 0. The normalized spacial score (nSPS) is 14.7. The van der Waals surface area contributed by atoms with E-state index in [1.165, 1.54) is 8.19 Å². The van der Waals surface area contributed by atoms with Gasteiger partial charge in [0, 0.05) is 18.9 Å². The summed E-state index contributed by atoms with van der Waals surface area (Å²) < 4.78 is 0. The molecule has 5 heteroatoms. The van der Waals surface area contributed by atoms with Crippen LogP contribution in [0.25, 0.3) is 0 Å². The van der Waals surface area contributed by atoms with Crippen LogP contribution in [0.15, 0.2) is 0 Å². The molecule has 0 aliphatic heterocycles. The fraction of sp³-hybridized carbons (Fsp3) is 0.800. The summed E-state index contributed by atoms with van der Waals surface area (Å²) in [6, 6.07) is 0. The molecule has 3 unspecified atom stereocenters. The van der Waals surface area contributed by atoms with Crippen LogP contribution < -0.4 is 0 Å². The molecule has 0 N–H and O–H groups in total. The Labute approximate surface area is 247 Å². The molecule has 0 spiro atoms. The third-order valence-electron chi connectivity index (χ3n) is 5.87. The molecule has 198 valence electrons. The minimum absolute atomic E-state index is 0. The van der Waals surface area contributed by atoms with Crippen LogP contribution in [-0.4, -0.2) is 27.3 Å². The summed E-state index contributed by atoms with van der Waals surface area (Å²) in [6.07, 6.45) is 0. The van der Waals surface area contributed by atoms with Gasteiger partial charge in [0.15, 0.2) is 5.03 Å². The van der Waals surface area contributed by atoms with Gasteiger partial charge in [-0.25, -0.2) is 0 Å². The minimum atomic E-state index is 0. The van der Waals surface area contributed by atoms with E-state index in [-0.39, 0.29) is 27.3 Å². The summed E-state index contributed by atoms with van der Waals surface area (Å²) in [5, 5.41) is 10.3. The van der Waals surface area contributed by atoms with E-state index in [1.807, 2.05) is 0 Å². The molecule has 2 heterocycles. The summed E-state index contributed by atoms with van der Waals surface area (Å²) in [6.45, 7) is 42.6. The van der Waals surface area contributed by atoms with Crippen molar-refractivity contribution in [2.75, 3.05) is 0 Å². The van der Waals surface area contributed by atoms with Crippen LogP contribution >= 0.6 is 32.8 Å². The standard InChI is InChI=1S/2C15H28P2.Pb/c2*1-13(2,3)10-11(14(4,5)6)17-12(16-10)15(7,8)9;/h2*16H,1-9H3;/q;;+2/p+1. The Bertz CT molecular complexity index is 808. The second kappa shape index (κ2) is 11.8. The van der Waals surface area contributed by atoms with Gasteiger partial charge in [-0.3, -0.25) is 0 Å². The van der Waals surface area contributed by atoms with Crippen molar-refractivity contribution in [3.63, 3.8) is 0 Å². The average molecular weight is 749 g/mol. The topological polar surface area (TPSA) is 0 Å². The van der Waals surface area contributed by atoms with Gasteiger partial charge in [0.25, 0.3) is 0 Å². The van der Waals surface area contributed by atoms with Crippen molar-refractivity contribution in [3.05, 3.63) is 31.2 Å². The quantitative estimate of drug-likeness (QED) is 0.186. The van der Waals surface area contributed by atoms with Crippen molar-refractivity contribution in [1.82, 2.24) is 0 Å². The zero-order valence-corrected chi connectivity index (χ0v) is 34.2. The van der Waals surface area contributed by atoms with Gasteiger partial charge in [-0.1, -0.05) is 130 Å². The molecule has 0 bridgehead atoms. The zero-order chi connectivity index (χ0) is 27.3. The fourth-order valence-electron chi connectivity index (χ4n) is 3.72. The Hall–Kier alpha value is 1.34. The molecule has 0 aliphatic rings. The molecule has 2 radical (unpaired) electrons. The van der Waals surface area contributed by atoms with Crippen molar-refractivity contribution < 1.29 is 0 Å². The van der Waals surface area contributed by atoms with Crippen molar-refractivity contribution in [1.29, 1.82) is 0 Å². The van der Waals surface area contributed by atoms with Crippen LogP contribution in [-0.2, 0) is 32.5 Å². The molecule has 2 aromatic heterocycles. The predicted molar refractivity (Wildman–Crippen MR) is 176 cm³/mol. The first kappa shape index (κ1) is 36.3. The van der Waals surface area contributed by atoms with Gasteiger partial charge >= 0.3 is 27.3 Å². The maximum Gasteiger partial charge on any atom is 2.00 e. The Morgan fingerprint density at radius 1 is 0.543 bits per heavy atom. The van der Waals surface area contributed by atoms with Crippen molar-refractivity contribution in [2.24, 2.45) is 0 Å². The van der Waals surface area contributed by atoms with Crippen LogP contribution in [0.3, 0.4) is 0 Å². The molecule has 3 atom stereocenters. The van der Waals surface area contributed by atoms with Gasteiger partial charge in [0.1, 0.15) is 0 Å². The van der Waals surface area contributed by atoms with E-state index in [0.717, 1.165) is 24.6 Å². The fourth-order valence-corrected chi connectivity index (χ4v) is 12.1. The summed E-state index contributed by atoms with van der Waals surface area (Å²) in [4.78, 5) is 0. The second-order valence-corrected chi connectivity index (χ2v) is 22.0. The SMILES string of the molecule is CC(C)(C)c1[pH+]c(C(C)(C)C)[c-](C(C)(C)C)[pH+]1.CC(C)(C)c1p[c-](C(C)(C)C)[pH+]c1C(C)(C)C.[Pb+2]. The van der Waals surface area contributed by atoms with Gasteiger partial charge in [0.05, 0.1) is 18.5 Å². The average Bonchev–Trinajstić information content (AvgIpc) is 3.18. The molecule has 0 nitrogen and oxygen atoms in total. The Morgan fingerprint density at radius 2 is 1.00 bits per heavy atom. The van der Waals surface area contributed by atoms with Crippen LogP contribution in [0.1, 0.15) is 156 Å². The Balaban J connectivity index is 0.000000642. The number of hydrogen-bond acceptors (Lipinski definition) is 0. The molecule has 0 fully saturated rings. The third kappa shape index (κ3) is 10.4. The first-order chi connectivity index (χ1) is 14.7. The summed E-state index contributed by atoms with van der Waals surface area (Å²) in [5.41, 5.74) is 2.03. The molecule has 0 saturated heterocycles. The van der Waals surface area contributed by atoms with Gasteiger partial charge in [-0.15, -0.1) is 8.19 Å². The molecule has 0 aliphatic carbocycles. The van der Waals surface area contributed by atoms with E-state index in [1.54, 1.807) is 31.2 Å². The molecule has 0 aromatic carbocycles. The maximum atomic E-state index is 2.37. The first-order valence-corrected chi connectivity index (χ1v) is 16.8. The van der Waals surface area contributed by atoms with Crippen LogP contribution in [0.4, 0.5) is 0 Å². The Morgan fingerprint density at radius 3 is 1.23 bits per heavy atom. The van der Waals surface area contributed by atoms with E-state index < -0.39 is 0 Å². The zero-order valence-electron chi connectivity index (χ0n) is 26.4. The molecule has 2 aromatic rings. The summed E-state index contributed by atoms with van der Waals surface area (Å²) in [5.74, 6) is 0. The van der Waals surface area contributed by atoms with E-state index in [9.17, 15) is 0 Å². The molecule has 2 rings (SSSR count). The van der Waals surface area contributed by atoms with E-state index in [2.05, 4.69) is 125 Å². The second-order valence-electron chi connectivity index (χ2n) is 16.2. The molecular formula is C30H57P4Pb+3. The van der Waals surface area contributed by atoms with Gasteiger partial charge < -0.3 is 0 Å². The minimum Gasteiger partial charge on any atom is -0.100 e. The predicted octanol–water partition coefficient (Wildman–Crippen LogP) is 11.7. The maximum absolute atomic E-state index is 2.37. The van der Waals surface area contributed by atoms with E-state index >= 15 is 0 Å². The molecule has 0 saturated carbocycles. The van der Waals surface area contributed by atoms with Crippen LogP contribution in [0, 0.1) is 0 Å². The molecular weight excluding hydrogens is 691 g/mol. The van der Waals surface area contributed by atoms with Gasteiger partial charge in [0.2, 0.25) is 0 Å². The Kier molecular flexibility index (Phi) is 12.3. The summed E-state index contributed by atoms with van der Waals surface area (Å²) in [7, 11) is 4.36. The largest absolute Gasteiger partial charge is 2.00 e. The van der Waals surface area contributed by atoms with E-state index in [0.29, 0.717) is 32.5 Å². The van der Waals surface area contributed by atoms with Gasteiger partial charge in [-0.2, -0.15) is 0 Å². The van der Waals surface area contributed by atoms with Crippen LogP contribution in [0.2, 0.25) is 0 Å². The number of rotatable bonds is 0. The summed E-state index contributed by atoms with van der Waals surface area (Å²) >= 11 is 0. The van der Waals surface area contributed by atoms with Crippen molar-refractivity contribution in [3.8, 4) is 0 Å². The monoisotopic (exact) mass is 749 g/mol.